The number of nitrogens with zero attached hydrogens (tertiary/aromatic N) is 2. The van der Waals surface area contributed by atoms with E-state index >= 15 is 0 Å². The summed E-state index contributed by atoms with van der Waals surface area (Å²) in [5, 5.41) is 3.90. The van der Waals surface area contributed by atoms with E-state index in [-0.39, 0.29) is 0 Å². The molecule has 3 N–H and O–H groups in total. The fraction of sp³-hybridized carbons (Fsp3) is 0.167. The molecule has 0 spiro atoms. The monoisotopic (exact) mass is 400 g/mol. The lowest BCUT2D eigenvalue weighted by molar-refractivity contribution is 0.409. The lowest BCUT2D eigenvalue weighted by Gasteiger charge is -2.13. The maximum atomic E-state index is 6.29. The van der Waals surface area contributed by atoms with Gasteiger partial charge >= 0.3 is 0 Å². The fourth-order valence-corrected chi connectivity index (χ4v) is 3.19. The topological polar surface area (TPSA) is 82.3 Å². The van der Waals surface area contributed by atoms with Crippen molar-refractivity contribution in [3.63, 3.8) is 0 Å². The second kappa shape index (κ2) is 8.29. The van der Waals surface area contributed by atoms with Crippen LogP contribution in [0.15, 0.2) is 66.7 Å². The van der Waals surface area contributed by atoms with Crippen LogP contribution < -0.4 is 20.5 Å². The highest BCUT2D eigenvalue weighted by atomic mass is 16.5. The highest BCUT2D eigenvalue weighted by molar-refractivity contribution is 5.94. The first-order valence-electron chi connectivity index (χ1n) is 9.78. The molecular weight excluding hydrogens is 376 g/mol. The molecule has 30 heavy (non-hydrogen) atoms. The fourth-order valence-electron chi connectivity index (χ4n) is 3.19. The number of nitrogens with two attached hydrogens (primary N) is 1. The molecule has 3 aromatic carbocycles. The number of aromatic nitrogens is 2. The van der Waals surface area contributed by atoms with Crippen LogP contribution in [0, 0.1) is 0 Å². The molecule has 4 aromatic rings. The Kier molecular flexibility index (Phi) is 5.39. The average molecular weight is 400 g/mol. The molecule has 0 amide bonds. The minimum atomic E-state index is 0.347. The molecule has 0 unspecified atom stereocenters. The Morgan fingerprint density at radius 1 is 0.900 bits per heavy atom. The zero-order chi connectivity index (χ0) is 21.1. The minimum Gasteiger partial charge on any atom is -0.497 e. The van der Waals surface area contributed by atoms with Crippen LogP contribution in [0.4, 0.5) is 17.5 Å². The van der Waals surface area contributed by atoms with Gasteiger partial charge in [-0.05, 0) is 47.9 Å². The molecular formula is C24H24N4O2. The number of nitrogens with one attached hydrogen (secondary N) is 1. The third-order valence-electron chi connectivity index (χ3n) is 4.82. The van der Waals surface area contributed by atoms with Gasteiger partial charge in [0.2, 0.25) is 5.95 Å². The third kappa shape index (κ3) is 4.12. The zero-order valence-electron chi connectivity index (χ0n) is 17.2. The number of anilines is 3. The molecule has 1 aromatic heterocycles. The molecule has 0 atom stereocenters. The van der Waals surface area contributed by atoms with E-state index in [2.05, 4.69) is 41.3 Å². The number of methoxy groups -OCH3 is 1. The number of hydrogen-bond acceptors (Lipinski definition) is 6. The van der Waals surface area contributed by atoms with Crippen molar-refractivity contribution in [3.05, 3.63) is 72.3 Å². The second-order valence-electron chi connectivity index (χ2n) is 7.27. The average Bonchev–Trinajstić information content (AvgIpc) is 2.74. The van der Waals surface area contributed by atoms with Gasteiger partial charge in [0.15, 0.2) is 0 Å². The van der Waals surface area contributed by atoms with E-state index < -0.39 is 0 Å². The van der Waals surface area contributed by atoms with Gasteiger partial charge in [0.25, 0.3) is 0 Å². The van der Waals surface area contributed by atoms with Crippen molar-refractivity contribution in [1.82, 2.24) is 9.97 Å². The van der Waals surface area contributed by atoms with Gasteiger partial charge in [-0.15, -0.1) is 0 Å². The van der Waals surface area contributed by atoms with Crippen molar-refractivity contribution in [1.29, 1.82) is 0 Å². The van der Waals surface area contributed by atoms with Crippen LogP contribution >= 0.6 is 0 Å². The van der Waals surface area contributed by atoms with Gasteiger partial charge in [-0.2, -0.15) is 4.98 Å². The summed E-state index contributed by atoms with van der Waals surface area (Å²) in [6.07, 6.45) is 0. The van der Waals surface area contributed by atoms with Crippen molar-refractivity contribution >= 4 is 28.4 Å². The molecule has 0 radical (unpaired) electrons. The largest absolute Gasteiger partial charge is 0.497 e. The molecule has 0 aliphatic heterocycles. The Morgan fingerprint density at radius 3 is 2.37 bits per heavy atom. The van der Waals surface area contributed by atoms with Crippen molar-refractivity contribution in [2.75, 3.05) is 18.2 Å². The highest BCUT2D eigenvalue weighted by Gasteiger charge is 2.12. The Balaban J connectivity index is 1.64. The molecule has 152 valence electrons. The van der Waals surface area contributed by atoms with Crippen molar-refractivity contribution in [2.45, 2.75) is 19.8 Å². The zero-order valence-corrected chi connectivity index (χ0v) is 17.2. The highest BCUT2D eigenvalue weighted by Crippen LogP contribution is 2.34. The normalized spacial score (nSPS) is 10.9. The predicted octanol–water partition coefficient (Wildman–Crippen LogP) is 5.88. The van der Waals surface area contributed by atoms with Gasteiger partial charge < -0.3 is 20.5 Å². The van der Waals surface area contributed by atoms with Crippen LogP contribution in [-0.2, 0) is 0 Å². The van der Waals surface area contributed by atoms with Crippen molar-refractivity contribution < 1.29 is 9.47 Å². The van der Waals surface area contributed by atoms with Gasteiger partial charge in [0.1, 0.15) is 23.1 Å². The number of nitrogen functional groups attached to an aromatic ring is 1. The molecule has 0 fully saturated rings. The molecule has 6 nitrogen and oxygen atoms in total. The van der Waals surface area contributed by atoms with E-state index in [0.29, 0.717) is 45.8 Å². The Labute approximate surface area is 175 Å². The van der Waals surface area contributed by atoms with Crippen molar-refractivity contribution in [3.8, 4) is 17.2 Å². The Morgan fingerprint density at radius 2 is 1.63 bits per heavy atom. The Hall–Kier alpha value is -3.80. The maximum absolute atomic E-state index is 6.29. The first-order valence-corrected chi connectivity index (χ1v) is 9.78. The van der Waals surface area contributed by atoms with Crippen LogP contribution in [0.5, 0.6) is 17.2 Å². The summed E-state index contributed by atoms with van der Waals surface area (Å²) < 4.78 is 11.3. The smallest absolute Gasteiger partial charge is 0.229 e. The van der Waals surface area contributed by atoms with Crippen LogP contribution in [0.25, 0.3) is 10.9 Å². The third-order valence-corrected chi connectivity index (χ3v) is 4.82. The summed E-state index contributed by atoms with van der Waals surface area (Å²) in [6.45, 7) is 4.33. The predicted molar refractivity (Wildman–Crippen MR) is 121 cm³/mol. The van der Waals surface area contributed by atoms with Gasteiger partial charge in [0, 0.05) is 11.8 Å². The summed E-state index contributed by atoms with van der Waals surface area (Å²) in [4.78, 5) is 9.06. The second-order valence-corrected chi connectivity index (χ2v) is 7.27. The molecule has 0 saturated heterocycles. The number of benzene rings is 3. The van der Waals surface area contributed by atoms with E-state index in [1.54, 1.807) is 7.11 Å². The van der Waals surface area contributed by atoms with Crippen LogP contribution in [0.1, 0.15) is 25.3 Å². The molecule has 0 aliphatic carbocycles. The van der Waals surface area contributed by atoms with E-state index in [4.69, 9.17) is 15.2 Å². The summed E-state index contributed by atoms with van der Waals surface area (Å²) in [7, 11) is 1.62. The lowest BCUT2D eigenvalue weighted by Crippen LogP contribution is -2.02. The molecule has 1 heterocycles. The first-order chi connectivity index (χ1) is 14.5. The number of fused-ring (bicyclic) bond motifs is 1. The van der Waals surface area contributed by atoms with Gasteiger partial charge in [0.05, 0.1) is 18.0 Å². The minimum absolute atomic E-state index is 0.347. The van der Waals surface area contributed by atoms with Gasteiger partial charge in [-0.25, -0.2) is 4.98 Å². The van der Waals surface area contributed by atoms with Gasteiger partial charge in [-0.3, -0.25) is 0 Å². The molecule has 0 aliphatic rings. The molecule has 0 saturated carbocycles. The summed E-state index contributed by atoms with van der Waals surface area (Å²) in [5.41, 5.74) is 9.17. The molecule has 4 rings (SSSR count). The van der Waals surface area contributed by atoms with Crippen LogP contribution in [0.2, 0.25) is 0 Å². The van der Waals surface area contributed by atoms with Crippen molar-refractivity contribution in [2.24, 2.45) is 0 Å². The molecule has 0 bridgehead atoms. The van der Waals surface area contributed by atoms with Gasteiger partial charge in [-0.1, -0.05) is 38.1 Å². The van der Waals surface area contributed by atoms with Crippen LogP contribution in [0.3, 0.4) is 0 Å². The number of hydrogen-bond donors (Lipinski definition) is 2. The Bertz CT molecular complexity index is 1170. The maximum Gasteiger partial charge on any atom is 0.229 e. The van der Waals surface area contributed by atoms with E-state index in [0.717, 1.165) is 5.69 Å². The number of ether oxygens (including phenoxy) is 2. The van der Waals surface area contributed by atoms with E-state index in [9.17, 15) is 0 Å². The summed E-state index contributed by atoms with van der Waals surface area (Å²) in [5.74, 6) is 3.22. The summed E-state index contributed by atoms with van der Waals surface area (Å²) in [6, 6.07) is 21.2. The SMILES string of the molecule is COc1cccc(Oc2cccc3nc(Nc4ccc(C(C)C)cc4)nc(N)c23)c1. The quantitative estimate of drug-likeness (QED) is 0.420. The first kappa shape index (κ1) is 19.5. The molecule has 6 heteroatoms. The van der Waals surface area contributed by atoms with E-state index in [1.165, 1.54) is 5.56 Å². The summed E-state index contributed by atoms with van der Waals surface area (Å²) >= 11 is 0. The van der Waals surface area contributed by atoms with Crippen LogP contribution in [-0.4, -0.2) is 17.1 Å². The standard InChI is InChI=1S/C24H24N4O2/c1-15(2)16-10-12-17(13-11-16)26-24-27-20-8-5-9-21(22(20)23(25)28-24)30-19-7-4-6-18(14-19)29-3/h4-15H,1-3H3,(H3,25,26,27,28). The van der Waals surface area contributed by atoms with E-state index in [1.807, 2.05) is 54.6 Å². The number of rotatable bonds is 6. The lowest BCUT2D eigenvalue weighted by atomic mass is 10.0.